The monoisotopic (exact) mass is 333 g/mol. The van der Waals surface area contributed by atoms with Crippen LogP contribution in [-0.2, 0) is 5.41 Å². The quantitative estimate of drug-likeness (QED) is 0.664. The third-order valence-corrected chi connectivity index (χ3v) is 5.03. The summed E-state index contributed by atoms with van der Waals surface area (Å²) in [5.74, 6) is 2.50. The van der Waals surface area contributed by atoms with Crippen LogP contribution in [0, 0.1) is 0 Å². The molecule has 0 heterocycles. The Morgan fingerprint density at radius 2 is 1.79 bits per heavy atom. The highest BCUT2D eigenvalue weighted by molar-refractivity contribution is 5.79. The molecule has 0 unspecified atom stereocenters. The predicted octanol–water partition coefficient (Wildman–Crippen LogP) is 3.04. The molecule has 0 radical (unpaired) electrons. The van der Waals surface area contributed by atoms with Gasteiger partial charge >= 0.3 is 0 Å². The van der Waals surface area contributed by atoms with E-state index >= 15 is 0 Å². The number of methoxy groups -OCH3 is 2. The molecule has 0 saturated heterocycles. The van der Waals surface area contributed by atoms with E-state index in [1.54, 1.807) is 14.2 Å². The smallest absolute Gasteiger partial charge is 0.193 e. The molecule has 0 bridgehead atoms. The molecule has 1 aliphatic rings. The van der Waals surface area contributed by atoms with Gasteiger partial charge in [-0.3, -0.25) is 4.99 Å². The predicted molar refractivity (Wildman–Crippen MR) is 99.4 cm³/mol. The van der Waals surface area contributed by atoms with Crippen molar-refractivity contribution < 1.29 is 9.47 Å². The van der Waals surface area contributed by atoms with Crippen LogP contribution in [0.25, 0.3) is 0 Å². The van der Waals surface area contributed by atoms with Crippen molar-refractivity contribution in [1.82, 2.24) is 10.2 Å². The van der Waals surface area contributed by atoms with Crippen LogP contribution >= 0.6 is 0 Å². The number of rotatable bonds is 5. The summed E-state index contributed by atoms with van der Waals surface area (Å²) < 4.78 is 10.9. The van der Waals surface area contributed by atoms with Crippen LogP contribution in [0.5, 0.6) is 11.5 Å². The van der Waals surface area contributed by atoms with Crippen LogP contribution < -0.4 is 14.8 Å². The molecule has 1 fully saturated rings. The summed E-state index contributed by atoms with van der Waals surface area (Å²) in [6, 6.07) is 6.35. The van der Waals surface area contributed by atoms with Gasteiger partial charge < -0.3 is 19.7 Å². The average molecular weight is 333 g/mol. The Bertz CT molecular complexity index is 564. The van der Waals surface area contributed by atoms with Crippen LogP contribution in [0.1, 0.15) is 37.7 Å². The molecule has 1 aliphatic carbocycles. The third kappa shape index (κ3) is 3.94. The van der Waals surface area contributed by atoms with Gasteiger partial charge in [0.05, 0.1) is 14.2 Å². The zero-order valence-electron chi connectivity index (χ0n) is 15.7. The van der Waals surface area contributed by atoms with Crippen LogP contribution in [0.2, 0.25) is 0 Å². The minimum atomic E-state index is 0.115. The molecule has 1 saturated carbocycles. The molecule has 1 aromatic carbocycles. The van der Waals surface area contributed by atoms with E-state index in [4.69, 9.17) is 9.47 Å². The second-order valence-corrected chi connectivity index (χ2v) is 6.71. The SMILES string of the molecule is CN=C(NCC1(c2ccc(OC)c(OC)c2)CCCCC1)N(C)C. The first-order valence-corrected chi connectivity index (χ1v) is 8.67. The first-order valence-electron chi connectivity index (χ1n) is 8.67. The zero-order chi connectivity index (χ0) is 17.6. The molecule has 0 spiro atoms. The van der Waals surface area contributed by atoms with Gasteiger partial charge in [-0.25, -0.2) is 0 Å². The number of nitrogens with zero attached hydrogens (tertiary/aromatic N) is 2. The van der Waals surface area contributed by atoms with Crippen LogP contribution in [-0.4, -0.2) is 52.8 Å². The zero-order valence-corrected chi connectivity index (χ0v) is 15.7. The summed E-state index contributed by atoms with van der Waals surface area (Å²) in [7, 11) is 9.22. The van der Waals surface area contributed by atoms with Crippen molar-refractivity contribution in [3.63, 3.8) is 0 Å². The minimum absolute atomic E-state index is 0.115. The molecule has 0 amide bonds. The van der Waals surface area contributed by atoms with E-state index in [0.717, 1.165) is 24.0 Å². The first-order chi connectivity index (χ1) is 11.6. The number of hydrogen-bond acceptors (Lipinski definition) is 3. The highest BCUT2D eigenvalue weighted by atomic mass is 16.5. The normalized spacial score (nSPS) is 17.3. The number of nitrogens with one attached hydrogen (secondary N) is 1. The van der Waals surface area contributed by atoms with Gasteiger partial charge in [0, 0.05) is 33.1 Å². The molecular formula is C19H31N3O2. The van der Waals surface area contributed by atoms with Crippen molar-refractivity contribution in [1.29, 1.82) is 0 Å². The van der Waals surface area contributed by atoms with E-state index in [1.807, 2.05) is 32.1 Å². The third-order valence-electron chi connectivity index (χ3n) is 5.03. The Morgan fingerprint density at radius 3 is 2.33 bits per heavy atom. The summed E-state index contributed by atoms with van der Waals surface area (Å²) in [5, 5.41) is 3.55. The molecular weight excluding hydrogens is 302 g/mol. The second kappa shape index (κ2) is 8.27. The molecule has 134 valence electrons. The first kappa shape index (κ1) is 18.4. The summed E-state index contributed by atoms with van der Waals surface area (Å²) >= 11 is 0. The van der Waals surface area contributed by atoms with Gasteiger partial charge in [0.15, 0.2) is 17.5 Å². The van der Waals surface area contributed by atoms with E-state index in [2.05, 4.69) is 22.4 Å². The number of hydrogen-bond donors (Lipinski definition) is 1. The molecule has 1 N–H and O–H groups in total. The Morgan fingerprint density at radius 1 is 1.12 bits per heavy atom. The molecule has 5 heteroatoms. The minimum Gasteiger partial charge on any atom is -0.493 e. The van der Waals surface area contributed by atoms with Crippen molar-refractivity contribution in [3.05, 3.63) is 23.8 Å². The highest BCUT2D eigenvalue weighted by Gasteiger charge is 2.34. The Balaban J connectivity index is 2.30. The van der Waals surface area contributed by atoms with Crippen molar-refractivity contribution in [3.8, 4) is 11.5 Å². The van der Waals surface area contributed by atoms with Gasteiger partial charge in [0.1, 0.15) is 0 Å². The fraction of sp³-hybridized carbons (Fsp3) is 0.632. The Hall–Kier alpha value is -1.91. The maximum absolute atomic E-state index is 5.52. The summed E-state index contributed by atoms with van der Waals surface area (Å²) in [6.07, 6.45) is 6.20. The lowest BCUT2D eigenvalue weighted by Crippen LogP contribution is -2.46. The summed E-state index contributed by atoms with van der Waals surface area (Å²) in [5.41, 5.74) is 1.44. The maximum Gasteiger partial charge on any atom is 0.193 e. The van der Waals surface area contributed by atoms with Crippen molar-refractivity contribution in [2.75, 3.05) is 41.9 Å². The standard InChI is InChI=1S/C19H31N3O2/c1-20-18(22(2)3)21-14-19(11-7-6-8-12-19)15-9-10-16(23-4)17(13-15)24-5/h9-10,13H,6-8,11-12,14H2,1-5H3,(H,20,21). The van der Waals surface area contributed by atoms with E-state index in [0.29, 0.717) is 0 Å². The molecule has 5 nitrogen and oxygen atoms in total. The average Bonchev–Trinajstić information content (AvgIpc) is 2.62. The maximum atomic E-state index is 5.52. The Labute approximate surface area is 146 Å². The van der Waals surface area contributed by atoms with Crippen molar-refractivity contribution in [2.45, 2.75) is 37.5 Å². The number of ether oxygens (including phenoxy) is 2. The van der Waals surface area contributed by atoms with Gasteiger partial charge in [-0.05, 0) is 30.5 Å². The number of aliphatic imine (C=N–C) groups is 1. The fourth-order valence-electron chi connectivity index (χ4n) is 3.65. The molecule has 2 rings (SSSR count). The Kier molecular flexibility index (Phi) is 6.35. The molecule has 0 aromatic heterocycles. The van der Waals surface area contributed by atoms with Crippen molar-refractivity contribution >= 4 is 5.96 Å². The van der Waals surface area contributed by atoms with E-state index in [-0.39, 0.29) is 5.41 Å². The lowest BCUT2D eigenvalue weighted by molar-refractivity contribution is 0.286. The van der Waals surface area contributed by atoms with Gasteiger partial charge in [0.25, 0.3) is 0 Å². The van der Waals surface area contributed by atoms with E-state index in [1.165, 1.54) is 37.7 Å². The lowest BCUT2D eigenvalue weighted by Gasteiger charge is -2.39. The fourth-order valence-corrected chi connectivity index (χ4v) is 3.65. The molecule has 0 atom stereocenters. The topological polar surface area (TPSA) is 46.1 Å². The van der Waals surface area contributed by atoms with Crippen molar-refractivity contribution in [2.24, 2.45) is 4.99 Å². The molecule has 1 aromatic rings. The number of guanidine groups is 1. The molecule has 24 heavy (non-hydrogen) atoms. The number of benzene rings is 1. The summed E-state index contributed by atoms with van der Waals surface area (Å²) in [4.78, 5) is 6.36. The lowest BCUT2D eigenvalue weighted by atomic mass is 9.69. The van der Waals surface area contributed by atoms with Gasteiger partial charge in [0.2, 0.25) is 0 Å². The van der Waals surface area contributed by atoms with Gasteiger partial charge in [-0.2, -0.15) is 0 Å². The largest absolute Gasteiger partial charge is 0.493 e. The van der Waals surface area contributed by atoms with E-state index < -0.39 is 0 Å². The van der Waals surface area contributed by atoms with Crippen LogP contribution in [0.3, 0.4) is 0 Å². The second-order valence-electron chi connectivity index (χ2n) is 6.71. The van der Waals surface area contributed by atoms with Crippen LogP contribution in [0.15, 0.2) is 23.2 Å². The highest BCUT2D eigenvalue weighted by Crippen LogP contribution is 2.42. The van der Waals surface area contributed by atoms with Gasteiger partial charge in [-0.15, -0.1) is 0 Å². The van der Waals surface area contributed by atoms with Crippen LogP contribution in [0.4, 0.5) is 0 Å². The summed E-state index contributed by atoms with van der Waals surface area (Å²) in [6.45, 7) is 0.882. The molecule has 0 aliphatic heterocycles. The van der Waals surface area contributed by atoms with E-state index in [9.17, 15) is 0 Å². The van der Waals surface area contributed by atoms with Gasteiger partial charge in [-0.1, -0.05) is 25.3 Å².